The first-order valence-electron chi connectivity index (χ1n) is 5.96. The summed E-state index contributed by atoms with van der Waals surface area (Å²) in [5, 5.41) is 8.53. The van der Waals surface area contributed by atoms with Crippen LogP contribution in [0.3, 0.4) is 0 Å². The zero-order valence-electron chi connectivity index (χ0n) is 9.34. The van der Waals surface area contributed by atoms with Crippen LogP contribution in [-0.2, 0) is 0 Å². The van der Waals surface area contributed by atoms with Crippen molar-refractivity contribution in [3.8, 4) is 6.07 Å². The van der Waals surface area contributed by atoms with E-state index in [1.165, 1.54) is 45.2 Å². The van der Waals surface area contributed by atoms with Crippen LogP contribution in [0.4, 0.5) is 0 Å². The van der Waals surface area contributed by atoms with Gasteiger partial charge in [-0.05, 0) is 38.3 Å². The van der Waals surface area contributed by atoms with Gasteiger partial charge < -0.3 is 4.90 Å². The van der Waals surface area contributed by atoms with Crippen molar-refractivity contribution >= 4 is 0 Å². The van der Waals surface area contributed by atoms with Gasteiger partial charge in [0.25, 0.3) is 0 Å². The summed E-state index contributed by atoms with van der Waals surface area (Å²) in [5.74, 6) is 0.951. The molecule has 0 aliphatic carbocycles. The highest BCUT2D eigenvalue weighted by Crippen LogP contribution is 2.21. The lowest BCUT2D eigenvalue weighted by molar-refractivity contribution is 0.285. The molecule has 14 heavy (non-hydrogen) atoms. The van der Waals surface area contributed by atoms with Gasteiger partial charge in [-0.1, -0.05) is 19.8 Å². The highest BCUT2D eigenvalue weighted by atomic mass is 15.1. The Hall–Kier alpha value is -0.550. The number of hydrogen-bond donors (Lipinski definition) is 0. The second-order valence-electron chi connectivity index (χ2n) is 4.34. The molecular weight excluding hydrogens is 172 g/mol. The van der Waals surface area contributed by atoms with E-state index in [1.807, 2.05) is 0 Å². The molecule has 1 atom stereocenters. The van der Waals surface area contributed by atoms with Crippen LogP contribution in [0, 0.1) is 17.2 Å². The average molecular weight is 194 g/mol. The Morgan fingerprint density at radius 1 is 1.36 bits per heavy atom. The molecule has 0 N–H and O–H groups in total. The highest BCUT2D eigenvalue weighted by Gasteiger charge is 2.15. The van der Waals surface area contributed by atoms with Crippen molar-refractivity contribution in [1.29, 1.82) is 5.26 Å². The molecular formula is C12H22N2. The predicted octanol–water partition coefficient (Wildman–Crippen LogP) is 2.80. The van der Waals surface area contributed by atoms with Crippen LogP contribution in [-0.4, -0.2) is 24.5 Å². The van der Waals surface area contributed by atoms with Crippen LogP contribution < -0.4 is 0 Å². The Morgan fingerprint density at radius 3 is 2.93 bits per heavy atom. The standard InChI is InChI=1S/C12H22N2/c1-2-5-12-6-3-9-14(11-7-12)10-4-8-13/h12H,2-7,9-11H2,1H3. The summed E-state index contributed by atoms with van der Waals surface area (Å²) in [6, 6.07) is 2.23. The molecule has 0 amide bonds. The molecule has 0 radical (unpaired) electrons. The molecule has 1 rings (SSSR count). The number of nitriles is 1. The molecule has 1 aliphatic rings. The maximum atomic E-state index is 8.53. The Morgan fingerprint density at radius 2 is 2.21 bits per heavy atom. The first-order valence-corrected chi connectivity index (χ1v) is 5.96. The lowest BCUT2D eigenvalue weighted by atomic mass is 9.96. The number of rotatable bonds is 4. The van der Waals surface area contributed by atoms with Gasteiger partial charge in [-0.3, -0.25) is 0 Å². The van der Waals surface area contributed by atoms with Crippen molar-refractivity contribution in [3.05, 3.63) is 0 Å². The van der Waals surface area contributed by atoms with Crippen molar-refractivity contribution in [1.82, 2.24) is 4.90 Å². The molecule has 0 saturated carbocycles. The van der Waals surface area contributed by atoms with Crippen LogP contribution in [0.25, 0.3) is 0 Å². The van der Waals surface area contributed by atoms with Crippen molar-refractivity contribution in [3.63, 3.8) is 0 Å². The van der Waals surface area contributed by atoms with E-state index < -0.39 is 0 Å². The highest BCUT2D eigenvalue weighted by molar-refractivity contribution is 4.75. The Bertz CT molecular complexity index is 183. The van der Waals surface area contributed by atoms with E-state index in [0.29, 0.717) is 6.42 Å². The van der Waals surface area contributed by atoms with Gasteiger partial charge in [0, 0.05) is 13.0 Å². The van der Waals surface area contributed by atoms with Gasteiger partial charge in [0.15, 0.2) is 0 Å². The third-order valence-electron chi connectivity index (χ3n) is 3.18. The molecule has 2 heteroatoms. The minimum Gasteiger partial charge on any atom is -0.302 e. The number of hydrogen-bond acceptors (Lipinski definition) is 2. The first kappa shape index (κ1) is 11.5. The third kappa shape index (κ3) is 4.11. The van der Waals surface area contributed by atoms with Crippen LogP contribution in [0.1, 0.15) is 45.4 Å². The van der Waals surface area contributed by atoms with Gasteiger partial charge in [0.2, 0.25) is 0 Å². The summed E-state index contributed by atoms with van der Waals surface area (Å²) < 4.78 is 0. The lowest BCUT2D eigenvalue weighted by Gasteiger charge is -2.18. The van der Waals surface area contributed by atoms with E-state index in [-0.39, 0.29) is 0 Å². The predicted molar refractivity (Wildman–Crippen MR) is 58.9 cm³/mol. The van der Waals surface area contributed by atoms with E-state index in [0.717, 1.165) is 12.5 Å². The summed E-state index contributed by atoms with van der Waals surface area (Å²) in [5.41, 5.74) is 0. The molecule has 0 aromatic carbocycles. The van der Waals surface area contributed by atoms with Gasteiger partial charge in [-0.2, -0.15) is 5.26 Å². The summed E-state index contributed by atoms with van der Waals surface area (Å²) in [6.07, 6.45) is 7.49. The van der Waals surface area contributed by atoms with E-state index >= 15 is 0 Å². The van der Waals surface area contributed by atoms with Gasteiger partial charge in [0.1, 0.15) is 0 Å². The maximum absolute atomic E-state index is 8.53. The molecule has 2 nitrogen and oxygen atoms in total. The fraction of sp³-hybridized carbons (Fsp3) is 0.917. The largest absolute Gasteiger partial charge is 0.302 e. The number of likely N-dealkylation sites (tertiary alicyclic amines) is 1. The van der Waals surface area contributed by atoms with E-state index in [1.54, 1.807) is 0 Å². The second-order valence-corrected chi connectivity index (χ2v) is 4.34. The average Bonchev–Trinajstić information content (AvgIpc) is 2.41. The van der Waals surface area contributed by atoms with Crippen molar-refractivity contribution in [2.45, 2.75) is 45.4 Å². The molecule has 0 spiro atoms. The van der Waals surface area contributed by atoms with Crippen LogP contribution in [0.5, 0.6) is 0 Å². The van der Waals surface area contributed by atoms with Gasteiger partial charge >= 0.3 is 0 Å². The fourth-order valence-corrected chi connectivity index (χ4v) is 2.35. The second kappa shape index (κ2) is 6.84. The Balaban J connectivity index is 2.23. The summed E-state index contributed by atoms with van der Waals surface area (Å²) in [7, 11) is 0. The molecule has 1 fully saturated rings. The van der Waals surface area contributed by atoms with Gasteiger partial charge in [-0.15, -0.1) is 0 Å². The van der Waals surface area contributed by atoms with Crippen LogP contribution in [0.15, 0.2) is 0 Å². The van der Waals surface area contributed by atoms with E-state index in [2.05, 4.69) is 17.9 Å². The van der Waals surface area contributed by atoms with Crippen molar-refractivity contribution < 1.29 is 0 Å². The molecule has 0 aromatic rings. The third-order valence-corrected chi connectivity index (χ3v) is 3.18. The van der Waals surface area contributed by atoms with Crippen LogP contribution in [0.2, 0.25) is 0 Å². The van der Waals surface area contributed by atoms with E-state index in [4.69, 9.17) is 5.26 Å². The Labute approximate surface area is 87.9 Å². The zero-order chi connectivity index (χ0) is 10.2. The zero-order valence-corrected chi connectivity index (χ0v) is 9.34. The van der Waals surface area contributed by atoms with Gasteiger partial charge in [0.05, 0.1) is 6.07 Å². The fourth-order valence-electron chi connectivity index (χ4n) is 2.35. The van der Waals surface area contributed by atoms with Crippen molar-refractivity contribution in [2.75, 3.05) is 19.6 Å². The lowest BCUT2D eigenvalue weighted by Crippen LogP contribution is -2.25. The molecule has 1 saturated heterocycles. The summed E-state index contributed by atoms with van der Waals surface area (Å²) in [4.78, 5) is 2.46. The topological polar surface area (TPSA) is 27.0 Å². The molecule has 0 aromatic heterocycles. The minimum atomic E-state index is 0.693. The Kier molecular flexibility index (Phi) is 5.63. The smallest absolute Gasteiger partial charge is 0.0635 e. The van der Waals surface area contributed by atoms with Gasteiger partial charge in [-0.25, -0.2) is 0 Å². The van der Waals surface area contributed by atoms with E-state index in [9.17, 15) is 0 Å². The molecule has 1 heterocycles. The normalized spacial score (nSPS) is 24.1. The van der Waals surface area contributed by atoms with Crippen LogP contribution >= 0.6 is 0 Å². The molecule has 0 bridgehead atoms. The minimum absolute atomic E-state index is 0.693. The quantitative estimate of drug-likeness (QED) is 0.688. The number of nitrogens with zero attached hydrogens (tertiary/aromatic N) is 2. The summed E-state index contributed by atoms with van der Waals surface area (Å²) in [6.45, 7) is 5.68. The summed E-state index contributed by atoms with van der Waals surface area (Å²) >= 11 is 0. The molecule has 80 valence electrons. The maximum Gasteiger partial charge on any atom is 0.0635 e. The first-order chi connectivity index (χ1) is 6.86. The molecule has 1 unspecified atom stereocenters. The SMILES string of the molecule is CCCC1CCCN(CCC#N)CC1. The van der Waals surface area contributed by atoms with Crippen molar-refractivity contribution in [2.24, 2.45) is 5.92 Å². The molecule has 1 aliphatic heterocycles. The monoisotopic (exact) mass is 194 g/mol.